The highest BCUT2D eigenvalue weighted by Gasteiger charge is 2.50. The predicted octanol–water partition coefficient (Wildman–Crippen LogP) is 9.68. The number of H-pyrrole nitrogens is 1. The molecule has 2 aromatic heterocycles. The number of amides is 1. The molecule has 4 aliphatic heterocycles. The number of likely N-dealkylation sites (tertiary alicyclic amines) is 2. The van der Waals surface area contributed by atoms with Gasteiger partial charge in [-0.25, -0.2) is 13.1 Å². The van der Waals surface area contributed by atoms with Gasteiger partial charge in [0, 0.05) is 73.2 Å². The van der Waals surface area contributed by atoms with Crippen molar-refractivity contribution >= 4 is 44.0 Å². The van der Waals surface area contributed by atoms with Gasteiger partial charge in [-0.3, -0.25) is 24.7 Å². The van der Waals surface area contributed by atoms with Crippen molar-refractivity contribution in [3.8, 4) is 23.1 Å². The fourth-order valence-electron chi connectivity index (χ4n) is 12.9. The summed E-state index contributed by atoms with van der Waals surface area (Å²) in [6.07, 6.45) is 12.2. The molecular formula is C56H70N8O9S. The van der Waals surface area contributed by atoms with Gasteiger partial charge in [0.2, 0.25) is 0 Å². The average molecular weight is 1030 g/mol. The lowest BCUT2D eigenvalue weighted by Crippen LogP contribution is -2.54. The first kappa shape index (κ1) is 50.2. The van der Waals surface area contributed by atoms with Crippen molar-refractivity contribution in [2.24, 2.45) is 11.3 Å². The number of benzene rings is 3. The fraction of sp³-hybridized carbons (Fsp3) is 0.536. The number of nitro groups is 1. The highest BCUT2D eigenvalue weighted by atomic mass is 32.2. The number of hydrogen-bond donors (Lipinski definition) is 4. The Kier molecular flexibility index (Phi) is 13.5. The summed E-state index contributed by atoms with van der Waals surface area (Å²) in [7, 11) is -4.72. The van der Waals surface area contributed by atoms with Crippen molar-refractivity contribution in [2.75, 3.05) is 56.2 Å². The van der Waals surface area contributed by atoms with Crippen molar-refractivity contribution in [3.05, 3.63) is 99.7 Å². The fourth-order valence-corrected chi connectivity index (χ4v) is 13.9. The molecular weight excluding hydrogens is 961 g/mol. The number of anilines is 2. The number of pyridine rings is 1. The van der Waals surface area contributed by atoms with Gasteiger partial charge >= 0.3 is 0 Å². The Bertz CT molecular complexity index is 3020. The number of aliphatic hydroxyl groups is 1. The molecule has 394 valence electrons. The van der Waals surface area contributed by atoms with E-state index in [2.05, 4.69) is 74.8 Å². The van der Waals surface area contributed by atoms with Crippen LogP contribution in [0.15, 0.2) is 77.8 Å². The van der Waals surface area contributed by atoms with Crippen molar-refractivity contribution in [1.82, 2.24) is 24.5 Å². The van der Waals surface area contributed by atoms with E-state index in [4.69, 9.17) is 19.2 Å². The first-order valence-corrected chi connectivity index (χ1v) is 28.3. The monoisotopic (exact) mass is 1030 g/mol. The summed E-state index contributed by atoms with van der Waals surface area (Å²) in [5, 5.41) is 27.1. The van der Waals surface area contributed by atoms with Crippen LogP contribution in [0, 0.1) is 21.4 Å². The van der Waals surface area contributed by atoms with Crippen molar-refractivity contribution in [3.63, 3.8) is 0 Å². The van der Waals surface area contributed by atoms with Gasteiger partial charge in [-0.05, 0) is 143 Å². The van der Waals surface area contributed by atoms with E-state index in [0.717, 1.165) is 69.1 Å². The Hall–Kier alpha value is -5.95. The van der Waals surface area contributed by atoms with E-state index in [1.54, 1.807) is 24.4 Å². The number of rotatable bonds is 15. The Morgan fingerprint density at radius 2 is 1.77 bits per heavy atom. The van der Waals surface area contributed by atoms with Crippen molar-refractivity contribution in [2.45, 2.75) is 139 Å². The summed E-state index contributed by atoms with van der Waals surface area (Å²) in [6.45, 7) is 13.7. The summed E-state index contributed by atoms with van der Waals surface area (Å²) in [5.41, 5.74) is 3.40. The largest absolute Gasteiger partial charge is 0.489 e. The first-order valence-electron chi connectivity index (χ1n) is 26.8. The molecule has 5 aromatic rings. The van der Waals surface area contributed by atoms with Gasteiger partial charge in [0.05, 0.1) is 27.0 Å². The molecule has 2 aliphatic carbocycles. The van der Waals surface area contributed by atoms with Gasteiger partial charge in [-0.15, -0.1) is 0 Å². The zero-order chi connectivity index (χ0) is 51.5. The molecule has 11 rings (SSSR count). The Labute approximate surface area is 433 Å². The highest BCUT2D eigenvalue weighted by Crippen LogP contribution is 2.55. The van der Waals surface area contributed by atoms with Gasteiger partial charge in [0.1, 0.15) is 24.6 Å². The third-order valence-corrected chi connectivity index (χ3v) is 18.8. The second-order valence-electron chi connectivity index (χ2n) is 22.5. The van der Waals surface area contributed by atoms with Crippen LogP contribution in [0.5, 0.6) is 23.1 Å². The Balaban J connectivity index is 0.843. The van der Waals surface area contributed by atoms with E-state index in [-0.39, 0.29) is 64.4 Å². The van der Waals surface area contributed by atoms with Crippen LogP contribution in [0.1, 0.15) is 132 Å². The van der Waals surface area contributed by atoms with E-state index < -0.39 is 37.0 Å². The minimum absolute atomic E-state index is 0.00280. The van der Waals surface area contributed by atoms with Gasteiger partial charge in [0.25, 0.3) is 27.5 Å². The smallest absolute Gasteiger partial charge is 0.297 e. The number of nitrogens with zero attached hydrogens (tertiary/aromatic N) is 5. The Morgan fingerprint density at radius 1 is 0.986 bits per heavy atom. The standard InChI is InChI=1S/C56H70N8O9S/c1-5-61-24-17-39(61)33-72-54-50(27-37-16-22-57-52(37)59-54)73-48-28-38(62-25-20-56(21-26-62)31-40(32-56)63-23-8-11-46(63)43-10-7-6-9-42(43)35(2)3)12-13-44(48)53(65)60-74(69,70)41-29-47(64(67)68)51-49(30-41)71-34-45(58-51)36-14-18-55(4,66)19-15-36/h6-7,9-10,12-13,16,22,27-30,35-36,39-40,45-46,58,66H,5,8,11,14-15,17-21,23-26,31-34H2,1-4H3,(H,57,59)(H,60,65)/t36-,39-,45+,46+,55-/m0/s1. The number of aromatic amines is 1. The van der Waals surface area contributed by atoms with Crippen molar-refractivity contribution in [1.29, 1.82) is 0 Å². The molecule has 1 amide bonds. The number of ether oxygens (including phenoxy) is 3. The number of fused-ring (bicyclic) bond motifs is 2. The Morgan fingerprint density at radius 3 is 2.50 bits per heavy atom. The zero-order valence-corrected chi connectivity index (χ0v) is 43.8. The number of aromatic nitrogens is 2. The third kappa shape index (κ3) is 9.90. The quantitative estimate of drug-likeness (QED) is 0.0570. The van der Waals surface area contributed by atoms with Crippen LogP contribution in [0.4, 0.5) is 17.1 Å². The van der Waals surface area contributed by atoms with Crippen LogP contribution >= 0.6 is 0 Å². The number of carbonyl (C=O) groups excluding carboxylic acids is 1. The highest BCUT2D eigenvalue weighted by molar-refractivity contribution is 7.90. The molecule has 6 aliphatic rings. The number of sulfonamides is 1. The predicted molar refractivity (Wildman–Crippen MR) is 283 cm³/mol. The van der Waals surface area contributed by atoms with Crippen LogP contribution < -0.4 is 29.1 Å². The van der Waals surface area contributed by atoms with Crippen LogP contribution in [0.3, 0.4) is 0 Å². The molecule has 18 heteroatoms. The van der Waals surface area contributed by atoms with Crippen LogP contribution in [-0.2, 0) is 10.0 Å². The molecule has 3 aromatic carbocycles. The first-order chi connectivity index (χ1) is 35.6. The lowest BCUT2D eigenvalue weighted by molar-refractivity contribution is -0.384. The number of nitro benzene ring substituents is 1. The summed E-state index contributed by atoms with van der Waals surface area (Å²) >= 11 is 0. The van der Waals surface area contributed by atoms with E-state index in [1.807, 2.05) is 19.1 Å². The van der Waals surface area contributed by atoms with Gasteiger partial charge in [-0.1, -0.05) is 45.0 Å². The van der Waals surface area contributed by atoms with Gasteiger partial charge in [-0.2, -0.15) is 4.98 Å². The zero-order valence-electron chi connectivity index (χ0n) is 43.0. The molecule has 6 heterocycles. The van der Waals surface area contributed by atoms with Crippen LogP contribution in [0.25, 0.3) is 11.0 Å². The minimum Gasteiger partial charge on any atom is -0.489 e. The van der Waals surface area contributed by atoms with Crippen LogP contribution in [-0.4, -0.2) is 114 Å². The number of nitrogens with one attached hydrogen (secondary N) is 3. The number of likely N-dealkylation sites (N-methyl/N-ethyl adjacent to an activating group) is 1. The van der Waals surface area contributed by atoms with Crippen LogP contribution in [0.2, 0.25) is 0 Å². The maximum atomic E-state index is 14.5. The molecule has 0 bridgehead atoms. The lowest BCUT2D eigenvalue weighted by atomic mass is 9.59. The summed E-state index contributed by atoms with van der Waals surface area (Å²) in [5.74, 6) is 0.174. The second kappa shape index (κ2) is 20.0. The summed E-state index contributed by atoms with van der Waals surface area (Å²) in [6, 6.07) is 21.0. The topological polar surface area (TPSA) is 205 Å². The average Bonchev–Trinajstić information content (AvgIpc) is 4.05. The summed E-state index contributed by atoms with van der Waals surface area (Å²) in [4.78, 5) is 41.2. The summed E-state index contributed by atoms with van der Waals surface area (Å²) < 4.78 is 49.8. The molecule has 3 atom stereocenters. The lowest BCUT2D eigenvalue weighted by Gasteiger charge is -2.56. The molecule has 1 spiro atoms. The van der Waals surface area contributed by atoms with Crippen molar-refractivity contribution < 1.29 is 37.5 Å². The molecule has 2 saturated carbocycles. The molecule has 3 saturated heterocycles. The molecule has 0 unspecified atom stereocenters. The maximum absolute atomic E-state index is 14.5. The van der Waals surface area contributed by atoms with E-state index in [1.165, 1.54) is 42.9 Å². The van der Waals surface area contributed by atoms with E-state index in [0.29, 0.717) is 55.9 Å². The molecule has 5 fully saturated rings. The van der Waals surface area contributed by atoms with E-state index >= 15 is 0 Å². The maximum Gasteiger partial charge on any atom is 0.297 e. The third-order valence-electron chi connectivity index (χ3n) is 17.5. The normalized spacial score (nSPS) is 25.2. The van der Waals surface area contributed by atoms with Gasteiger partial charge < -0.3 is 34.5 Å². The minimum atomic E-state index is -4.72. The van der Waals surface area contributed by atoms with E-state index in [9.17, 15) is 28.4 Å². The van der Waals surface area contributed by atoms with Gasteiger partial charge in [0.15, 0.2) is 17.2 Å². The second-order valence-corrected chi connectivity index (χ2v) is 24.2. The molecule has 4 N–H and O–H groups in total. The number of piperidine rings is 1. The number of carbonyl (C=O) groups is 1. The molecule has 0 radical (unpaired) electrons. The SMILES string of the molecule is CCN1CC[C@H]1COc1nc2[nH]ccc2cc1Oc1cc(N2CCC3(CC2)CC(N2CCC[C@@H]2c2ccccc2C(C)C)C3)ccc1C(=O)NS(=O)(=O)c1cc2c(c([N+](=O)[O-])c1)N[C@@H]([C@H]1CC[C@](C)(O)CC1)CO2. The number of hydrogen-bond acceptors (Lipinski definition) is 14. The molecule has 17 nitrogen and oxygen atoms in total. The molecule has 74 heavy (non-hydrogen) atoms.